The Hall–Kier alpha value is -1.85. The fourth-order valence-corrected chi connectivity index (χ4v) is 0.555. The van der Waals surface area contributed by atoms with Gasteiger partial charge in [0, 0.05) is 0 Å². The third kappa shape index (κ3) is 1.42. The lowest BCUT2D eigenvalue weighted by molar-refractivity contribution is 0.0547. The monoisotopic (exact) mass is 171 g/mol. The maximum absolute atomic E-state index is 10.7. The molecule has 1 heterocycles. The fraction of sp³-hybridized carbons (Fsp3) is 0.167. The first-order valence-corrected chi connectivity index (χ1v) is 2.92. The van der Waals surface area contributed by atoms with Gasteiger partial charge in [-0.3, -0.25) is 0 Å². The van der Waals surface area contributed by atoms with Crippen LogP contribution in [0, 0.1) is 0 Å². The first kappa shape index (κ1) is 8.25. The number of carbonyl (C=O) groups excluding carboxylic acids is 1. The Kier molecular flexibility index (Phi) is 2.09. The van der Waals surface area contributed by atoms with Crippen LogP contribution < -0.4 is 0 Å². The van der Waals surface area contributed by atoms with Gasteiger partial charge in [0.05, 0.1) is 13.3 Å². The summed E-state index contributed by atoms with van der Waals surface area (Å²) < 4.78 is 8.75. The Morgan fingerprint density at radius 3 is 2.75 bits per heavy atom. The average molecular weight is 171 g/mol. The van der Waals surface area contributed by atoms with Gasteiger partial charge in [0.25, 0.3) is 0 Å². The molecule has 0 aliphatic heterocycles. The molecule has 0 atom stereocenters. The number of carboxylic acid groups (broad SMARTS) is 1. The molecule has 12 heavy (non-hydrogen) atoms. The second kappa shape index (κ2) is 3.04. The van der Waals surface area contributed by atoms with E-state index in [0.717, 1.165) is 13.3 Å². The number of nitrogens with zero attached hydrogens (tertiary/aromatic N) is 1. The van der Waals surface area contributed by atoms with Gasteiger partial charge in [-0.05, 0) is 0 Å². The average Bonchev–Trinajstić information content (AvgIpc) is 2.51. The number of carbonyl (C=O) groups is 2. The number of methoxy groups -OCH3 is 1. The minimum Gasteiger partial charge on any atom is -0.475 e. The van der Waals surface area contributed by atoms with Crippen LogP contribution >= 0.6 is 0 Å². The third-order valence-corrected chi connectivity index (χ3v) is 1.08. The van der Waals surface area contributed by atoms with Crippen LogP contribution in [0.1, 0.15) is 21.2 Å². The second-order valence-corrected chi connectivity index (χ2v) is 1.83. The number of esters is 1. The van der Waals surface area contributed by atoms with Gasteiger partial charge in [0.15, 0.2) is 0 Å². The van der Waals surface area contributed by atoms with Crippen molar-refractivity contribution in [2.45, 2.75) is 0 Å². The van der Waals surface area contributed by atoms with Gasteiger partial charge in [-0.15, -0.1) is 0 Å². The molecule has 0 saturated heterocycles. The number of aromatic carboxylic acids is 1. The SMILES string of the molecule is COC(=O)c1ncc(C(=O)O)o1. The molecule has 6 nitrogen and oxygen atoms in total. The Balaban J connectivity index is 2.91. The number of carboxylic acids is 1. The van der Waals surface area contributed by atoms with Crippen molar-refractivity contribution in [2.75, 3.05) is 7.11 Å². The summed E-state index contributed by atoms with van der Waals surface area (Å²) in [5.41, 5.74) is 0. The second-order valence-electron chi connectivity index (χ2n) is 1.83. The summed E-state index contributed by atoms with van der Waals surface area (Å²) in [6.45, 7) is 0. The molecule has 64 valence electrons. The lowest BCUT2D eigenvalue weighted by Crippen LogP contribution is -2.00. The van der Waals surface area contributed by atoms with Crippen molar-refractivity contribution < 1.29 is 23.8 Å². The number of rotatable bonds is 2. The zero-order valence-corrected chi connectivity index (χ0v) is 6.10. The van der Waals surface area contributed by atoms with Crippen LogP contribution in [-0.2, 0) is 4.74 Å². The quantitative estimate of drug-likeness (QED) is 0.637. The van der Waals surface area contributed by atoms with Crippen LogP contribution in [0.2, 0.25) is 0 Å². The van der Waals surface area contributed by atoms with Crippen molar-refractivity contribution in [1.29, 1.82) is 0 Å². The van der Waals surface area contributed by atoms with E-state index in [4.69, 9.17) is 5.11 Å². The van der Waals surface area contributed by atoms with Crippen molar-refractivity contribution in [3.63, 3.8) is 0 Å². The Morgan fingerprint density at radius 1 is 1.67 bits per heavy atom. The van der Waals surface area contributed by atoms with Gasteiger partial charge in [0.1, 0.15) is 0 Å². The number of aromatic nitrogens is 1. The van der Waals surface area contributed by atoms with Gasteiger partial charge in [-0.1, -0.05) is 0 Å². The summed E-state index contributed by atoms with van der Waals surface area (Å²) in [5, 5.41) is 8.37. The lowest BCUT2D eigenvalue weighted by atomic mass is 10.5. The molecule has 0 spiro atoms. The van der Waals surface area contributed by atoms with E-state index in [-0.39, 0.29) is 5.89 Å². The molecule has 0 amide bonds. The molecule has 0 bridgehead atoms. The molecule has 0 radical (unpaired) electrons. The molecule has 1 aromatic heterocycles. The van der Waals surface area contributed by atoms with Crippen molar-refractivity contribution in [3.8, 4) is 0 Å². The zero-order chi connectivity index (χ0) is 9.14. The minimum atomic E-state index is -1.28. The smallest absolute Gasteiger partial charge is 0.394 e. The molecule has 0 fully saturated rings. The van der Waals surface area contributed by atoms with Crippen molar-refractivity contribution in [3.05, 3.63) is 17.8 Å². The minimum absolute atomic E-state index is 0.366. The van der Waals surface area contributed by atoms with Gasteiger partial charge in [-0.2, -0.15) is 0 Å². The first-order valence-electron chi connectivity index (χ1n) is 2.92. The summed E-state index contributed by atoms with van der Waals surface area (Å²) in [6.07, 6.45) is 0.939. The molecule has 0 unspecified atom stereocenters. The fourth-order valence-electron chi connectivity index (χ4n) is 0.555. The summed E-state index contributed by atoms with van der Waals surface area (Å²) in [6, 6.07) is 0. The highest BCUT2D eigenvalue weighted by molar-refractivity contribution is 5.87. The van der Waals surface area contributed by atoms with E-state index in [1.165, 1.54) is 0 Å². The van der Waals surface area contributed by atoms with Gasteiger partial charge in [-0.25, -0.2) is 14.6 Å². The lowest BCUT2D eigenvalue weighted by Gasteiger charge is -1.89. The van der Waals surface area contributed by atoms with Crippen LogP contribution in [0.4, 0.5) is 0 Å². The van der Waals surface area contributed by atoms with E-state index in [1.807, 2.05) is 0 Å². The molecule has 1 N–H and O–H groups in total. The number of ether oxygens (including phenoxy) is 1. The summed E-state index contributed by atoms with van der Waals surface area (Å²) in [4.78, 5) is 24.3. The molecule has 6 heteroatoms. The normalized spacial score (nSPS) is 9.42. The molecule has 0 saturated carbocycles. The van der Waals surface area contributed by atoms with Crippen LogP contribution in [0.5, 0.6) is 0 Å². The standard InChI is InChI=1S/C6H5NO5/c1-11-6(10)4-7-2-3(12-4)5(8)9/h2H,1H3,(H,8,9). The third-order valence-electron chi connectivity index (χ3n) is 1.08. The Morgan fingerprint density at radius 2 is 2.33 bits per heavy atom. The maximum atomic E-state index is 10.7. The maximum Gasteiger partial charge on any atom is 0.394 e. The van der Waals surface area contributed by atoms with Crippen LogP contribution in [-0.4, -0.2) is 29.1 Å². The highest BCUT2D eigenvalue weighted by Crippen LogP contribution is 2.03. The molecule has 0 aliphatic rings. The summed E-state index contributed by atoms with van der Waals surface area (Å²) >= 11 is 0. The predicted octanol–water partition coefficient (Wildman–Crippen LogP) is 0.159. The first-order chi connectivity index (χ1) is 5.65. The zero-order valence-electron chi connectivity index (χ0n) is 6.10. The van der Waals surface area contributed by atoms with Gasteiger partial charge >= 0.3 is 17.8 Å². The number of hydrogen-bond donors (Lipinski definition) is 1. The van der Waals surface area contributed by atoms with Crippen molar-refractivity contribution in [2.24, 2.45) is 0 Å². The Labute approximate surface area is 66.8 Å². The van der Waals surface area contributed by atoms with E-state index >= 15 is 0 Å². The molecular formula is C6H5NO5. The molecule has 1 aromatic rings. The van der Waals surface area contributed by atoms with Crippen LogP contribution in [0.25, 0.3) is 0 Å². The van der Waals surface area contributed by atoms with Gasteiger partial charge < -0.3 is 14.3 Å². The van der Waals surface area contributed by atoms with Crippen molar-refractivity contribution >= 4 is 11.9 Å². The van der Waals surface area contributed by atoms with Crippen LogP contribution in [0.15, 0.2) is 10.6 Å². The largest absolute Gasteiger partial charge is 0.475 e. The van der Waals surface area contributed by atoms with E-state index in [9.17, 15) is 9.59 Å². The van der Waals surface area contributed by atoms with E-state index in [0.29, 0.717) is 0 Å². The van der Waals surface area contributed by atoms with E-state index in [1.54, 1.807) is 0 Å². The van der Waals surface area contributed by atoms with E-state index in [2.05, 4.69) is 14.1 Å². The van der Waals surface area contributed by atoms with Crippen LogP contribution in [0.3, 0.4) is 0 Å². The highest BCUT2D eigenvalue weighted by Gasteiger charge is 2.16. The Bertz CT molecular complexity index is 315. The summed E-state index contributed by atoms with van der Waals surface area (Å²) in [5.74, 6) is -2.84. The molecule has 0 aromatic carbocycles. The van der Waals surface area contributed by atoms with Gasteiger partial charge in [0.2, 0.25) is 5.76 Å². The van der Waals surface area contributed by atoms with Crippen molar-refractivity contribution in [1.82, 2.24) is 4.98 Å². The molecule has 1 rings (SSSR count). The molecule has 0 aliphatic carbocycles. The summed E-state index contributed by atoms with van der Waals surface area (Å²) in [7, 11) is 1.15. The molecular weight excluding hydrogens is 166 g/mol. The number of oxazole rings is 1. The predicted molar refractivity (Wildman–Crippen MR) is 34.8 cm³/mol. The topological polar surface area (TPSA) is 89.6 Å². The van der Waals surface area contributed by atoms with E-state index < -0.39 is 17.7 Å². The highest BCUT2D eigenvalue weighted by atomic mass is 16.5. The number of hydrogen-bond acceptors (Lipinski definition) is 5.